The highest BCUT2D eigenvalue weighted by atomic mass is 19.1. The average Bonchev–Trinajstić information content (AvgIpc) is 3.02. The van der Waals surface area contributed by atoms with Crippen molar-refractivity contribution < 1.29 is 9.18 Å². The minimum atomic E-state index is -0.267. The van der Waals surface area contributed by atoms with Gasteiger partial charge < -0.3 is 20.9 Å². The zero-order chi connectivity index (χ0) is 18.0. The fourth-order valence-corrected chi connectivity index (χ4v) is 3.87. The molecular formula is C19H29FN4O. The standard InChI is InChI=1S/C19H29FN4O/c1-13(22-19(25)14-3-5-16(21)11-14)17-12-15(20)4-6-18(17)24-9-7-23(2)8-10-24/h4,6,12-14,16H,3,5,7-11,21H2,1-2H3,(H,22,25). The number of nitrogens with one attached hydrogen (secondary N) is 1. The Labute approximate surface area is 149 Å². The molecule has 3 atom stereocenters. The van der Waals surface area contributed by atoms with E-state index < -0.39 is 0 Å². The molecule has 1 aliphatic heterocycles. The Bertz CT molecular complexity index is 615. The van der Waals surface area contributed by atoms with E-state index in [0.29, 0.717) is 0 Å². The van der Waals surface area contributed by atoms with E-state index in [4.69, 9.17) is 5.73 Å². The van der Waals surface area contributed by atoms with Gasteiger partial charge in [0, 0.05) is 49.4 Å². The molecule has 3 rings (SSSR count). The third-order valence-corrected chi connectivity index (χ3v) is 5.50. The summed E-state index contributed by atoms with van der Waals surface area (Å²) in [7, 11) is 2.11. The zero-order valence-corrected chi connectivity index (χ0v) is 15.2. The van der Waals surface area contributed by atoms with Gasteiger partial charge in [0.05, 0.1) is 6.04 Å². The predicted molar refractivity (Wildman–Crippen MR) is 98.0 cm³/mol. The summed E-state index contributed by atoms with van der Waals surface area (Å²) in [6.07, 6.45) is 2.49. The van der Waals surface area contributed by atoms with Crippen molar-refractivity contribution in [1.29, 1.82) is 0 Å². The molecule has 1 saturated carbocycles. The molecule has 1 amide bonds. The Hall–Kier alpha value is -1.66. The number of carbonyl (C=O) groups excluding carboxylic acids is 1. The van der Waals surface area contributed by atoms with Gasteiger partial charge in [0.25, 0.3) is 0 Å². The number of halogens is 1. The number of hydrogen-bond acceptors (Lipinski definition) is 4. The lowest BCUT2D eigenvalue weighted by Crippen LogP contribution is -2.45. The molecule has 3 N–H and O–H groups in total. The van der Waals surface area contributed by atoms with E-state index in [1.54, 1.807) is 6.07 Å². The van der Waals surface area contributed by atoms with Gasteiger partial charge in [-0.2, -0.15) is 0 Å². The number of piperazine rings is 1. The van der Waals surface area contributed by atoms with Gasteiger partial charge in [-0.1, -0.05) is 0 Å². The summed E-state index contributed by atoms with van der Waals surface area (Å²) in [5, 5.41) is 3.08. The minimum absolute atomic E-state index is 0.0157. The number of nitrogens with two attached hydrogens (primary N) is 1. The van der Waals surface area contributed by atoms with Crippen LogP contribution in [0.5, 0.6) is 0 Å². The number of likely N-dealkylation sites (N-methyl/N-ethyl adjacent to an activating group) is 1. The van der Waals surface area contributed by atoms with Crippen molar-refractivity contribution in [2.45, 2.75) is 38.3 Å². The molecule has 1 heterocycles. The molecule has 138 valence electrons. The van der Waals surface area contributed by atoms with Crippen molar-refractivity contribution in [3.63, 3.8) is 0 Å². The van der Waals surface area contributed by atoms with Crippen molar-refractivity contribution in [2.24, 2.45) is 11.7 Å². The highest BCUT2D eigenvalue weighted by molar-refractivity contribution is 5.79. The maximum absolute atomic E-state index is 13.9. The maximum atomic E-state index is 13.9. The van der Waals surface area contributed by atoms with Crippen LogP contribution in [0.2, 0.25) is 0 Å². The summed E-state index contributed by atoms with van der Waals surface area (Å²) in [6.45, 7) is 5.72. The highest BCUT2D eigenvalue weighted by Crippen LogP contribution is 2.30. The van der Waals surface area contributed by atoms with Gasteiger partial charge in [0.1, 0.15) is 5.82 Å². The van der Waals surface area contributed by atoms with E-state index >= 15 is 0 Å². The predicted octanol–water partition coefficient (Wildman–Crippen LogP) is 1.88. The van der Waals surface area contributed by atoms with E-state index in [0.717, 1.165) is 56.7 Å². The number of rotatable bonds is 4. The maximum Gasteiger partial charge on any atom is 0.223 e. The van der Waals surface area contributed by atoms with Crippen LogP contribution in [-0.4, -0.2) is 50.1 Å². The molecule has 2 fully saturated rings. The van der Waals surface area contributed by atoms with Crippen LogP contribution in [0.1, 0.15) is 37.8 Å². The second-order valence-electron chi connectivity index (χ2n) is 7.49. The third-order valence-electron chi connectivity index (χ3n) is 5.50. The van der Waals surface area contributed by atoms with Gasteiger partial charge in [-0.15, -0.1) is 0 Å². The molecule has 5 nitrogen and oxygen atoms in total. The lowest BCUT2D eigenvalue weighted by molar-refractivity contribution is -0.125. The molecule has 1 aromatic carbocycles. The van der Waals surface area contributed by atoms with Gasteiger partial charge in [0.15, 0.2) is 0 Å². The molecule has 1 aromatic rings. The van der Waals surface area contributed by atoms with E-state index in [1.807, 2.05) is 13.0 Å². The minimum Gasteiger partial charge on any atom is -0.369 e. The molecule has 0 bridgehead atoms. The molecule has 6 heteroatoms. The Morgan fingerprint density at radius 2 is 2.00 bits per heavy atom. The van der Waals surface area contributed by atoms with Gasteiger partial charge in [-0.3, -0.25) is 4.79 Å². The van der Waals surface area contributed by atoms with Crippen LogP contribution in [0.4, 0.5) is 10.1 Å². The summed E-state index contributed by atoms with van der Waals surface area (Å²) < 4.78 is 13.9. The van der Waals surface area contributed by atoms with E-state index in [9.17, 15) is 9.18 Å². The quantitative estimate of drug-likeness (QED) is 0.872. The fraction of sp³-hybridized carbons (Fsp3) is 0.632. The monoisotopic (exact) mass is 348 g/mol. The number of anilines is 1. The smallest absolute Gasteiger partial charge is 0.223 e. The van der Waals surface area contributed by atoms with E-state index in [2.05, 4.69) is 22.2 Å². The van der Waals surface area contributed by atoms with Crippen molar-refractivity contribution in [2.75, 3.05) is 38.1 Å². The number of hydrogen-bond donors (Lipinski definition) is 2. The molecule has 2 aliphatic rings. The second-order valence-corrected chi connectivity index (χ2v) is 7.49. The SMILES string of the molecule is CC(NC(=O)C1CCC(N)C1)c1cc(F)ccc1N1CCN(C)CC1. The first-order valence-corrected chi connectivity index (χ1v) is 9.23. The Balaban J connectivity index is 1.73. The first kappa shape index (κ1) is 18.1. The molecule has 0 radical (unpaired) electrons. The Morgan fingerprint density at radius 1 is 1.28 bits per heavy atom. The Kier molecular flexibility index (Phi) is 5.59. The van der Waals surface area contributed by atoms with Crippen LogP contribution in [-0.2, 0) is 4.79 Å². The van der Waals surface area contributed by atoms with Crippen molar-refractivity contribution in [3.05, 3.63) is 29.6 Å². The number of amides is 1. The number of nitrogens with zero attached hydrogens (tertiary/aromatic N) is 2. The van der Waals surface area contributed by atoms with Gasteiger partial charge in [-0.05, 0) is 51.4 Å². The zero-order valence-electron chi connectivity index (χ0n) is 15.2. The molecular weight excluding hydrogens is 319 g/mol. The first-order chi connectivity index (χ1) is 11.9. The summed E-state index contributed by atoms with van der Waals surface area (Å²) in [4.78, 5) is 17.1. The summed E-state index contributed by atoms with van der Waals surface area (Å²) in [5.74, 6) is -0.246. The lowest BCUT2D eigenvalue weighted by atomic mass is 10.0. The number of benzene rings is 1. The highest BCUT2D eigenvalue weighted by Gasteiger charge is 2.29. The normalized spacial score (nSPS) is 25.8. The van der Waals surface area contributed by atoms with Gasteiger partial charge in [-0.25, -0.2) is 4.39 Å². The van der Waals surface area contributed by atoms with Crippen LogP contribution in [0.3, 0.4) is 0 Å². The summed E-state index contributed by atoms with van der Waals surface area (Å²) in [6, 6.07) is 4.79. The topological polar surface area (TPSA) is 61.6 Å². The first-order valence-electron chi connectivity index (χ1n) is 9.23. The molecule has 25 heavy (non-hydrogen) atoms. The molecule has 1 saturated heterocycles. The van der Waals surface area contributed by atoms with Crippen LogP contribution >= 0.6 is 0 Å². The summed E-state index contributed by atoms with van der Waals surface area (Å²) >= 11 is 0. The van der Waals surface area contributed by atoms with Crippen LogP contribution < -0.4 is 16.0 Å². The van der Waals surface area contributed by atoms with Crippen LogP contribution in [0, 0.1) is 11.7 Å². The van der Waals surface area contributed by atoms with Crippen molar-refractivity contribution in [3.8, 4) is 0 Å². The average molecular weight is 348 g/mol. The van der Waals surface area contributed by atoms with Crippen LogP contribution in [0.15, 0.2) is 18.2 Å². The molecule has 3 unspecified atom stereocenters. The molecule has 0 spiro atoms. The van der Waals surface area contributed by atoms with Crippen LogP contribution in [0.25, 0.3) is 0 Å². The van der Waals surface area contributed by atoms with Crippen molar-refractivity contribution in [1.82, 2.24) is 10.2 Å². The largest absolute Gasteiger partial charge is 0.369 e. The fourth-order valence-electron chi connectivity index (χ4n) is 3.87. The van der Waals surface area contributed by atoms with Gasteiger partial charge >= 0.3 is 0 Å². The molecule has 0 aromatic heterocycles. The number of carbonyl (C=O) groups is 1. The lowest BCUT2D eigenvalue weighted by Gasteiger charge is -2.36. The summed E-state index contributed by atoms with van der Waals surface area (Å²) in [5.41, 5.74) is 7.78. The van der Waals surface area contributed by atoms with E-state index in [-0.39, 0.29) is 29.7 Å². The molecule has 1 aliphatic carbocycles. The van der Waals surface area contributed by atoms with Gasteiger partial charge in [0.2, 0.25) is 5.91 Å². The van der Waals surface area contributed by atoms with E-state index in [1.165, 1.54) is 6.07 Å². The van der Waals surface area contributed by atoms with Crippen molar-refractivity contribution >= 4 is 11.6 Å². The Morgan fingerprint density at radius 3 is 2.64 bits per heavy atom. The third kappa shape index (κ3) is 4.30. The second kappa shape index (κ2) is 7.70.